The number of aromatic nitrogens is 1. The third-order valence-electron chi connectivity index (χ3n) is 1.31. The minimum Gasteiger partial charge on any atom is -0.265 e. The van der Waals surface area contributed by atoms with Gasteiger partial charge < -0.3 is 0 Å². The summed E-state index contributed by atoms with van der Waals surface area (Å²) in [5, 5.41) is 0.258. The monoisotopic (exact) mass is 347 g/mol. The van der Waals surface area contributed by atoms with E-state index in [9.17, 15) is 8.42 Å². The van der Waals surface area contributed by atoms with E-state index < -0.39 is 10.1 Å². The Morgan fingerprint density at radius 2 is 2.29 bits per heavy atom. The highest BCUT2D eigenvalue weighted by molar-refractivity contribution is 14.1. The average Bonchev–Trinajstić information content (AvgIpc) is 2.05. The molecular formula is C7H7ClINO3S. The van der Waals surface area contributed by atoms with E-state index in [4.69, 9.17) is 11.6 Å². The lowest BCUT2D eigenvalue weighted by atomic mass is 10.3. The maximum Gasteiger partial charge on any atom is 0.264 e. The van der Waals surface area contributed by atoms with Crippen molar-refractivity contribution in [3.63, 3.8) is 0 Å². The van der Waals surface area contributed by atoms with Crippen LogP contribution in [0.3, 0.4) is 0 Å². The number of pyridine rings is 1. The molecule has 0 fully saturated rings. The summed E-state index contributed by atoms with van der Waals surface area (Å²) in [7, 11) is -3.44. The summed E-state index contributed by atoms with van der Waals surface area (Å²) in [6, 6.07) is 1.72. The van der Waals surface area contributed by atoms with Crippen molar-refractivity contribution in [3.05, 3.63) is 26.5 Å². The molecule has 0 N–H and O–H groups in total. The van der Waals surface area contributed by atoms with Crippen LogP contribution in [-0.4, -0.2) is 19.7 Å². The maximum absolute atomic E-state index is 10.7. The molecule has 1 heterocycles. The molecular weight excluding hydrogens is 341 g/mol. The van der Waals surface area contributed by atoms with Gasteiger partial charge in [0.1, 0.15) is 5.15 Å². The first-order valence-electron chi connectivity index (χ1n) is 3.53. The first-order valence-corrected chi connectivity index (χ1v) is 6.80. The molecule has 14 heavy (non-hydrogen) atoms. The fourth-order valence-corrected chi connectivity index (χ4v) is 1.75. The SMILES string of the molecule is CS(=O)(=O)OCc1cc(I)cnc1Cl. The van der Waals surface area contributed by atoms with Gasteiger partial charge in [-0.25, -0.2) is 4.98 Å². The van der Waals surface area contributed by atoms with Crippen molar-refractivity contribution in [2.45, 2.75) is 6.61 Å². The van der Waals surface area contributed by atoms with E-state index in [2.05, 4.69) is 31.8 Å². The smallest absolute Gasteiger partial charge is 0.264 e. The highest BCUT2D eigenvalue weighted by atomic mass is 127. The summed E-state index contributed by atoms with van der Waals surface area (Å²) in [5.41, 5.74) is 0.559. The molecule has 0 amide bonds. The third kappa shape index (κ3) is 4.07. The van der Waals surface area contributed by atoms with E-state index in [0.29, 0.717) is 5.56 Å². The second-order valence-electron chi connectivity index (χ2n) is 2.57. The fourth-order valence-electron chi connectivity index (χ4n) is 0.736. The minimum atomic E-state index is -3.44. The molecule has 0 aromatic carbocycles. The van der Waals surface area contributed by atoms with Crippen molar-refractivity contribution in [2.75, 3.05) is 6.26 Å². The number of halogens is 2. The lowest BCUT2D eigenvalue weighted by Gasteiger charge is -2.03. The Labute approximate surface area is 101 Å². The summed E-state index contributed by atoms with van der Waals surface area (Å²) < 4.78 is 26.9. The largest absolute Gasteiger partial charge is 0.265 e. The standard InChI is InChI=1S/C7H7ClINO3S/c1-14(11,12)13-4-5-2-6(9)3-10-7(5)8/h2-3H,4H2,1H3. The molecule has 0 aliphatic heterocycles. The van der Waals surface area contributed by atoms with Gasteiger partial charge in [-0.1, -0.05) is 11.6 Å². The summed E-state index contributed by atoms with van der Waals surface area (Å²) in [6.07, 6.45) is 2.58. The quantitative estimate of drug-likeness (QED) is 0.475. The molecule has 78 valence electrons. The van der Waals surface area contributed by atoms with Crippen molar-refractivity contribution in [2.24, 2.45) is 0 Å². The Bertz CT molecular complexity index is 435. The number of nitrogens with zero attached hydrogens (tertiary/aromatic N) is 1. The molecule has 0 unspecified atom stereocenters. The molecule has 0 atom stereocenters. The van der Waals surface area contributed by atoms with Crippen LogP contribution >= 0.6 is 34.2 Å². The zero-order valence-corrected chi connectivity index (χ0v) is 10.9. The first-order chi connectivity index (χ1) is 6.38. The van der Waals surface area contributed by atoms with Gasteiger partial charge in [-0.2, -0.15) is 8.42 Å². The lowest BCUT2D eigenvalue weighted by molar-refractivity contribution is 0.311. The van der Waals surface area contributed by atoms with E-state index in [1.54, 1.807) is 12.3 Å². The first kappa shape index (κ1) is 12.2. The molecule has 4 nitrogen and oxygen atoms in total. The van der Waals surface area contributed by atoms with Crippen molar-refractivity contribution in [1.29, 1.82) is 0 Å². The number of hydrogen-bond donors (Lipinski definition) is 0. The second kappa shape index (κ2) is 4.73. The van der Waals surface area contributed by atoms with Crippen molar-refractivity contribution in [1.82, 2.24) is 4.98 Å². The van der Waals surface area contributed by atoms with E-state index in [0.717, 1.165) is 9.83 Å². The van der Waals surface area contributed by atoms with Gasteiger partial charge in [0.25, 0.3) is 10.1 Å². The van der Waals surface area contributed by atoms with Crippen LogP contribution in [0.5, 0.6) is 0 Å². The van der Waals surface area contributed by atoms with E-state index >= 15 is 0 Å². The Kier molecular flexibility index (Phi) is 4.11. The third-order valence-corrected chi connectivity index (χ3v) is 2.78. The second-order valence-corrected chi connectivity index (χ2v) is 5.82. The van der Waals surface area contributed by atoms with Gasteiger partial charge in [0.05, 0.1) is 12.9 Å². The molecule has 0 spiro atoms. The molecule has 0 saturated carbocycles. The Balaban J connectivity index is 2.81. The molecule has 1 rings (SSSR count). The molecule has 0 bridgehead atoms. The van der Waals surface area contributed by atoms with Crippen LogP contribution in [0.25, 0.3) is 0 Å². The zero-order valence-electron chi connectivity index (χ0n) is 7.20. The maximum atomic E-state index is 10.7. The lowest BCUT2D eigenvalue weighted by Crippen LogP contribution is -2.03. The number of hydrogen-bond acceptors (Lipinski definition) is 4. The molecule has 7 heteroatoms. The normalized spacial score (nSPS) is 11.6. The van der Waals surface area contributed by atoms with Gasteiger partial charge in [0.2, 0.25) is 0 Å². The van der Waals surface area contributed by atoms with Gasteiger partial charge in [0, 0.05) is 15.3 Å². The van der Waals surface area contributed by atoms with Crippen LogP contribution < -0.4 is 0 Å². The van der Waals surface area contributed by atoms with E-state index in [1.165, 1.54) is 0 Å². The van der Waals surface area contributed by atoms with Crippen LogP contribution in [-0.2, 0) is 20.9 Å². The van der Waals surface area contributed by atoms with E-state index in [-0.39, 0.29) is 11.8 Å². The van der Waals surface area contributed by atoms with Crippen LogP contribution in [0.4, 0.5) is 0 Å². The Morgan fingerprint density at radius 1 is 1.64 bits per heavy atom. The summed E-state index contributed by atoms with van der Waals surface area (Å²) in [4.78, 5) is 3.86. The average molecular weight is 348 g/mol. The molecule has 0 radical (unpaired) electrons. The number of rotatable bonds is 3. The van der Waals surface area contributed by atoms with Gasteiger partial charge >= 0.3 is 0 Å². The van der Waals surface area contributed by atoms with Gasteiger partial charge in [-0.15, -0.1) is 0 Å². The Hall–Kier alpha value is 0.0800. The van der Waals surface area contributed by atoms with Gasteiger partial charge in [-0.3, -0.25) is 4.18 Å². The van der Waals surface area contributed by atoms with Gasteiger partial charge in [-0.05, 0) is 28.7 Å². The van der Waals surface area contributed by atoms with Crippen molar-refractivity contribution < 1.29 is 12.6 Å². The van der Waals surface area contributed by atoms with E-state index in [1.807, 2.05) is 0 Å². The van der Waals surface area contributed by atoms with Crippen molar-refractivity contribution >= 4 is 44.3 Å². The fraction of sp³-hybridized carbons (Fsp3) is 0.286. The summed E-state index contributed by atoms with van der Waals surface area (Å²) in [6.45, 7) is -0.0818. The zero-order chi connectivity index (χ0) is 10.8. The molecule has 1 aromatic heterocycles. The van der Waals surface area contributed by atoms with Crippen molar-refractivity contribution in [3.8, 4) is 0 Å². The minimum absolute atomic E-state index is 0.0818. The molecule has 0 aliphatic carbocycles. The molecule has 1 aromatic rings. The van der Waals surface area contributed by atoms with Crippen LogP contribution in [0, 0.1) is 3.57 Å². The predicted molar refractivity (Wildman–Crippen MR) is 61.6 cm³/mol. The van der Waals surface area contributed by atoms with Crippen LogP contribution in [0.15, 0.2) is 12.3 Å². The highest BCUT2D eigenvalue weighted by Gasteiger charge is 2.07. The molecule has 0 saturated heterocycles. The summed E-state index contributed by atoms with van der Waals surface area (Å²) >= 11 is 7.79. The topological polar surface area (TPSA) is 56.3 Å². The summed E-state index contributed by atoms with van der Waals surface area (Å²) in [5.74, 6) is 0. The highest BCUT2D eigenvalue weighted by Crippen LogP contribution is 2.17. The van der Waals surface area contributed by atoms with Gasteiger partial charge in [0.15, 0.2) is 0 Å². The molecule has 0 aliphatic rings. The predicted octanol–water partition coefficient (Wildman–Crippen LogP) is 1.82. The van der Waals surface area contributed by atoms with Crippen LogP contribution in [0.1, 0.15) is 5.56 Å². The van der Waals surface area contributed by atoms with Crippen LogP contribution in [0.2, 0.25) is 5.15 Å². The Morgan fingerprint density at radius 3 is 2.86 bits per heavy atom.